The Balaban J connectivity index is 1.87. The van der Waals surface area contributed by atoms with Crippen LogP contribution in [0, 0.1) is 5.92 Å². The van der Waals surface area contributed by atoms with Crippen LogP contribution in [0.15, 0.2) is 11.4 Å². The summed E-state index contributed by atoms with van der Waals surface area (Å²) in [6.07, 6.45) is 5.08. The van der Waals surface area contributed by atoms with Gasteiger partial charge in [-0.15, -0.1) is 11.3 Å². The van der Waals surface area contributed by atoms with E-state index in [4.69, 9.17) is 10.6 Å². The molecule has 0 aliphatic heterocycles. The quantitative estimate of drug-likeness (QED) is 0.501. The van der Waals surface area contributed by atoms with Crippen LogP contribution in [0.25, 0.3) is 0 Å². The van der Waals surface area contributed by atoms with E-state index in [1.165, 1.54) is 24.2 Å². The van der Waals surface area contributed by atoms with Crippen LogP contribution in [0.2, 0.25) is 0 Å². The second-order valence-electron chi connectivity index (χ2n) is 4.94. The first-order chi connectivity index (χ1) is 8.70. The van der Waals surface area contributed by atoms with Crippen molar-refractivity contribution < 1.29 is 9.53 Å². The lowest BCUT2D eigenvalue weighted by Gasteiger charge is -2.26. The first-order valence-corrected chi connectivity index (χ1v) is 7.27. The Morgan fingerprint density at radius 1 is 1.50 bits per heavy atom. The number of nitrogen functional groups attached to an aromatic ring is 1. The number of nitrogens with two attached hydrogens (primary N) is 1. The van der Waals surface area contributed by atoms with Gasteiger partial charge in [-0.3, -0.25) is 10.2 Å². The molecule has 0 bridgehead atoms. The van der Waals surface area contributed by atoms with Gasteiger partial charge in [0.15, 0.2) is 0 Å². The van der Waals surface area contributed by atoms with Crippen LogP contribution in [0.3, 0.4) is 0 Å². The van der Waals surface area contributed by atoms with Gasteiger partial charge in [0.1, 0.15) is 0 Å². The second kappa shape index (κ2) is 6.31. The van der Waals surface area contributed by atoms with Gasteiger partial charge in [-0.25, -0.2) is 5.84 Å². The van der Waals surface area contributed by atoms with E-state index in [0.29, 0.717) is 17.6 Å². The van der Waals surface area contributed by atoms with Crippen LogP contribution in [0.4, 0.5) is 0 Å². The largest absolute Gasteiger partial charge is 0.373 e. The van der Waals surface area contributed by atoms with Crippen molar-refractivity contribution in [2.24, 2.45) is 11.8 Å². The van der Waals surface area contributed by atoms with Gasteiger partial charge in [-0.1, -0.05) is 6.92 Å². The molecule has 3 N–H and O–H groups in total. The fourth-order valence-electron chi connectivity index (χ4n) is 2.32. The standard InChI is InChI=1S/C13H20N2O2S/c1-9-2-4-11(5-3-9)17-8-10-6-7-18-12(10)13(16)15-14/h6-7,9,11H,2-5,8,14H2,1H3,(H,15,16). The first kappa shape index (κ1) is 13.5. The third-order valence-electron chi connectivity index (χ3n) is 3.52. The lowest BCUT2D eigenvalue weighted by atomic mass is 9.89. The van der Waals surface area contributed by atoms with Crippen molar-refractivity contribution in [2.45, 2.75) is 45.3 Å². The number of amides is 1. The van der Waals surface area contributed by atoms with Gasteiger partial charge in [0, 0.05) is 5.56 Å². The maximum atomic E-state index is 11.5. The van der Waals surface area contributed by atoms with Gasteiger partial charge < -0.3 is 4.74 Å². The SMILES string of the molecule is CC1CCC(OCc2ccsc2C(=O)NN)CC1. The molecule has 1 aromatic rings. The van der Waals surface area contributed by atoms with E-state index in [-0.39, 0.29) is 5.91 Å². The molecule has 0 unspecified atom stereocenters. The van der Waals surface area contributed by atoms with Crippen molar-refractivity contribution in [1.29, 1.82) is 0 Å². The maximum Gasteiger partial charge on any atom is 0.275 e. The highest BCUT2D eigenvalue weighted by atomic mass is 32.1. The Hall–Kier alpha value is -0.910. The number of thiophene rings is 1. The number of rotatable bonds is 4. The summed E-state index contributed by atoms with van der Waals surface area (Å²) in [7, 11) is 0. The Morgan fingerprint density at radius 3 is 2.89 bits per heavy atom. The maximum absolute atomic E-state index is 11.5. The smallest absolute Gasteiger partial charge is 0.275 e. The molecule has 1 aliphatic rings. The van der Waals surface area contributed by atoms with E-state index < -0.39 is 0 Å². The lowest BCUT2D eigenvalue weighted by molar-refractivity contribution is 0.00864. The van der Waals surface area contributed by atoms with E-state index in [1.54, 1.807) is 0 Å². The predicted molar refractivity (Wildman–Crippen MR) is 72.2 cm³/mol. The van der Waals surface area contributed by atoms with Gasteiger partial charge >= 0.3 is 0 Å². The summed E-state index contributed by atoms with van der Waals surface area (Å²) >= 11 is 1.40. The van der Waals surface area contributed by atoms with Crippen LogP contribution in [0.1, 0.15) is 47.8 Å². The molecule has 1 heterocycles. The zero-order chi connectivity index (χ0) is 13.0. The van der Waals surface area contributed by atoms with E-state index in [1.807, 2.05) is 11.4 Å². The molecule has 1 fully saturated rings. The molecule has 1 aliphatic carbocycles. The average molecular weight is 268 g/mol. The van der Waals surface area contributed by atoms with Crippen molar-refractivity contribution in [3.63, 3.8) is 0 Å². The van der Waals surface area contributed by atoms with Gasteiger partial charge in [0.05, 0.1) is 17.6 Å². The highest BCUT2D eigenvalue weighted by Crippen LogP contribution is 2.27. The Morgan fingerprint density at radius 2 is 2.22 bits per heavy atom. The number of ether oxygens (including phenoxy) is 1. The Labute approximate surface area is 111 Å². The highest BCUT2D eigenvalue weighted by molar-refractivity contribution is 7.12. The number of carbonyl (C=O) groups is 1. The molecule has 0 spiro atoms. The van der Waals surface area contributed by atoms with E-state index in [2.05, 4.69) is 12.3 Å². The number of nitrogens with one attached hydrogen (secondary N) is 1. The molecule has 0 atom stereocenters. The fraction of sp³-hybridized carbons (Fsp3) is 0.615. The molecule has 2 rings (SSSR count). The predicted octanol–water partition coefficient (Wildman–Crippen LogP) is 2.45. The summed E-state index contributed by atoms with van der Waals surface area (Å²) in [5, 5.41) is 1.90. The molecule has 18 heavy (non-hydrogen) atoms. The van der Waals surface area contributed by atoms with Gasteiger partial charge in [0.2, 0.25) is 0 Å². The topological polar surface area (TPSA) is 64.3 Å². The minimum Gasteiger partial charge on any atom is -0.373 e. The van der Waals surface area contributed by atoms with Crippen LogP contribution < -0.4 is 11.3 Å². The summed E-state index contributed by atoms with van der Waals surface area (Å²) in [4.78, 5) is 12.2. The zero-order valence-corrected chi connectivity index (χ0v) is 11.5. The summed E-state index contributed by atoms with van der Waals surface area (Å²) in [6, 6.07) is 1.93. The Kier molecular flexibility index (Phi) is 4.74. The summed E-state index contributed by atoms with van der Waals surface area (Å²) in [5.41, 5.74) is 3.10. The van der Waals surface area contributed by atoms with Gasteiger partial charge in [0.25, 0.3) is 5.91 Å². The molecule has 0 aromatic carbocycles. The molecular formula is C13H20N2O2S. The van der Waals surface area contributed by atoms with E-state index in [9.17, 15) is 4.79 Å². The number of hydrazine groups is 1. The third-order valence-corrected chi connectivity index (χ3v) is 4.48. The summed E-state index contributed by atoms with van der Waals surface area (Å²) in [5.74, 6) is 5.74. The van der Waals surface area contributed by atoms with Crippen LogP contribution >= 0.6 is 11.3 Å². The molecule has 1 aromatic heterocycles. The first-order valence-electron chi connectivity index (χ1n) is 6.39. The van der Waals surface area contributed by atoms with Gasteiger partial charge in [-0.05, 0) is 43.0 Å². The number of carbonyl (C=O) groups excluding carboxylic acids is 1. The minimum absolute atomic E-state index is 0.235. The molecule has 5 heteroatoms. The number of hydrogen-bond donors (Lipinski definition) is 2. The minimum atomic E-state index is -0.235. The molecular weight excluding hydrogens is 248 g/mol. The molecule has 0 saturated heterocycles. The lowest BCUT2D eigenvalue weighted by Crippen LogP contribution is -2.30. The van der Waals surface area contributed by atoms with E-state index in [0.717, 1.165) is 24.3 Å². The van der Waals surface area contributed by atoms with Crippen molar-refractivity contribution in [2.75, 3.05) is 0 Å². The van der Waals surface area contributed by atoms with Crippen LogP contribution in [-0.4, -0.2) is 12.0 Å². The number of hydrogen-bond acceptors (Lipinski definition) is 4. The Bertz CT molecular complexity index is 397. The second-order valence-corrected chi connectivity index (χ2v) is 5.86. The third kappa shape index (κ3) is 3.31. The molecule has 4 nitrogen and oxygen atoms in total. The summed E-state index contributed by atoms with van der Waals surface area (Å²) in [6.45, 7) is 2.80. The monoisotopic (exact) mass is 268 g/mol. The molecule has 100 valence electrons. The molecule has 0 radical (unpaired) electrons. The molecule has 1 amide bonds. The molecule has 1 saturated carbocycles. The van der Waals surface area contributed by atoms with Crippen LogP contribution in [0.5, 0.6) is 0 Å². The van der Waals surface area contributed by atoms with E-state index >= 15 is 0 Å². The zero-order valence-electron chi connectivity index (χ0n) is 10.6. The van der Waals surface area contributed by atoms with Crippen molar-refractivity contribution in [3.05, 3.63) is 21.9 Å². The van der Waals surface area contributed by atoms with Crippen molar-refractivity contribution >= 4 is 17.2 Å². The van der Waals surface area contributed by atoms with Crippen molar-refractivity contribution in [3.8, 4) is 0 Å². The van der Waals surface area contributed by atoms with Gasteiger partial charge in [-0.2, -0.15) is 0 Å². The van der Waals surface area contributed by atoms with Crippen molar-refractivity contribution in [1.82, 2.24) is 5.43 Å². The summed E-state index contributed by atoms with van der Waals surface area (Å²) < 4.78 is 5.90. The highest BCUT2D eigenvalue weighted by Gasteiger charge is 2.20. The normalized spacial score (nSPS) is 23.9. The fourth-order valence-corrected chi connectivity index (χ4v) is 3.13. The average Bonchev–Trinajstić information content (AvgIpc) is 2.85. The van der Waals surface area contributed by atoms with Crippen LogP contribution in [-0.2, 0) is 11.3 Å².